The molecule has 5 nitrogen and oxygen atoms in total. The SMILES string of the molecule is CCCCC(=O)N1CCN(c2ccc(NC(=O)[C@@H](CC)c3ccccc3)cc2)CC1. The molecule has 1 saturated heterocycles. The lowest BCUT2D eigenvalue weighted by Crippen LogP contribution is -2.48. The fourth-order valence-corrected chi connectivity index (χ4v) is 3.94. The normalized spacial score (nSPS) is 15.0. The highest BCUT2D eigenvalue weighted by atomic mass is 16.2. The van der Waals surface area contributed by atoms with Crippen LogP contribution in [0.25, 0.3) is 0 Å². The molecule has 5 heteroatoms. The van der Waals surface area contributed by atoms with Gasteiger partial charge in [0.1, 0.15) is 0 Å². The van der Waals surface area contributed by atoms with Crippen LogP contribution in [0, 0.1) is 0 Å². The van der Waals surface area contributed by atoms with Gasteiger partial charge in [0.25, 0.3) is 0 Å². The molecule has 2 amide bonds. The van der Waals surface area contributed by atoms with E-state index in [1.54, 1.807) is 0 Å². The third-order valence-electron chi connectivity index (χ3n) is 5.80. The fourth-order valence-electron chi connectivity index (χ4n) is 3.94. The third kappa shape index (κ3) is 5.62. The molecule has 0 aliphatic carbocycles. The zero-order valence-electron chi connectivity index (χ0n) is 18.1. The topological polar surface area (TPSA) is 52.7 Å². The van der Waals surface area contributed by atoms with E-state index in [1.807, 2.05) is 66.4 Å². The minimum Gasteiger partial charge on any atom is -0.368 e. The lowest BCUT2D eigenvalue weighted by Gasteiger charge is -2.36. The molecule has 1 N–H and O–H groups in total. The summed E-state index contributed by atoms with van der Waals surface area (Å²) in [6.45, 7) is 7.38. The van der Waals surface area contributed by atoms with Crippen molar-refractivity contribution >= 4 is 23.2 Å². The van der Waals surface area contributed by atoms with Gasteiger partial charge in [-0.1, -0.05) is 50.6 Å². The first-order chi connectivity index (χ1) is 14.6. The second-order valence-corrected chi connectivity index (χ2v) is 7.88. The van der Waals surface area contributed by atoms with Crippen molar-refractivity contribution in [3.8, 4) is 0 Å². The summed E-state index contributed by atoms with van der Waals surface area (Å²) in [5.74, 6) is 0.151. The Morgan fingerprint density at radius 1 is 0.933 bits per heavy atom. The molecule has 2 aromatic carbocycles. The van der Waals surface area contributed by atoms with Crippen molar-refractivity contribution in [2.24, 2.45) is 0 Å². The van der Waals surface area contributed by atoms with Crippen LogP contribution in [0.5, 0.6) is 0 Å². The van der Waals surface area contributed by atoms with E-state index in [2.05, 4.69) is 17.1 Å². The van der Waals surface area contributed by atoms with E-state index in [1.165, 1.54) is 0 Å². The van der Waals surface area contributed by atoms with Crippen LogP contribution in [0.3, 0.4) is 0 Å². The van der Waals surface area contributed by atoms with Crippen LogP contribution < -0.4 is 10.2 Å². The maximum atomic E-state index is 12.7. The number of unbranched alkanes of at least 4 members (excludes halogenated alkanes) is 1. The van der Waals surface area contributed by atoms with E-state index < -0.39 is 0 Å². The third-order valence-corrected chi connectivity index (χ3v) is 5.80. The molecule has 0 unspecified atom stereocenters. The van der Waals surface area contributed by atoms with Crippen LogP contribution in [0.15, 0.2) is 54.6 Å². The quantitative estimate of drug-likeness (QED) is 0.693. The summed E-state index contributed by atoms with van der Waals surface area (Å²) in [6, 6.07) is 17.9. The number of amides is 2. The van der Waals surface area contributed by atoms with Gasteiger partial charge in [-0.15, -0.1) is 0 Å². The lowest BCUT2D eigenvalue weighted by molar-refractivity contribution is -0.131. The average molecular weight is 408 g/mol. The summed E-state index contributed by atoms with van der Waals surface area (Å²) in [6.07, 6.45) is 3.44. The molecular weight excluding hydrogens is 374 g/mol. The maximum absolute atomic E-state index is 12.7. The highest BCUT2D eigenvalue weighted by Gasteiger charge is 2.21. The summed E-state index contributed by atoms with van der Waals surface area (Å²) >= 11 is 0. The van der Waals surface area contributed by atoms with Crippen molar-refractivity contribution in [2.45, 2.75) is 45.4 Å². The summed E-state index contributed by atoms with van der Waals surface area (Å²) in [5.41, 5.74) is 2.98. The Hall–Kier alpha value is -2.82. The molecule has 1 heterocycles. The van der Waals surface area contributed by atoms with E-state index in [-0.39, 0.29) is 17.7 Å². The van der Waals surface area contributed by atoms with Gasteiger partial charge < -0.3 is 15.1 Å². The number of rotatable bonds is 8. The van der Waals surface area contributed by atoms with E-state index in [4.69, 9.17) is 0 Å². The van der Waals surface area contributed by atoms with Crippen LogP contribution in [0.2, 0.25) is 0 Å². The number of hydrogen-bond donors (Lipinski definition) is 1. The van der Waals surface area contributed by atoms with E-state index in [9.17, 15) is 9.59 Å². The molecule has 0 bridgehead atoms. The van der Waals surface area contributed by atoms with Crippen LogP contribution in [-0.4, -0.2) is 42.9 Å². The van der Waals surface area contributed by atoms with Gasteiger partial charge >= 0.3 is 0 Å². The predicted octanol–water partition coefficient (Wildman–Crippen LogP) is 4.66. The minimum absolute atomic E-state index is 0.0238. The number of benzene rings is 2. The van der Waals surface area contributed by atoms with Crippen molar-refractivity contribution in [3.63, 3.8) is 0 Å². The van der Waals surface area contributed by atoms with Gasteiger partial charge in [-0.2, -0.15) is 0 Å². The van der Waals surface area contributed by atoms with Crippen LogP contribution >= 0.6 is 0 Å². The second-order valence-electron chi connectivity index (χ2n) is 7.88. The molecule has 1 aliphatic heterocycles. The van der Waals surface area contributed by atoms with E-state index >= 15 is 0 Å². The van der Waals surface area contributed by atoms with Gasteiger partial charge in [0.15, 0.2) is 0 Å². The zero-order valence-corrected chi connectivity index (χ0v) is 18.1. The van der Waals surface area contributed by atoms with Gasteiger partial charge in [-0.3, -0.25) is 9.59 Å². The largest absolute Gasteiger partial charge is 0.368 e. The second kappa shape index (κ2) is 10.8. The number of piperazine rings is 1. The Balaban J connectivity index is 1.54. The molecule has 1 fully saturated rings. The number of nitrogens with zero attached hydrogens (tertiary/aromatic N) is 2. The monoisotopic (exact) mass is 407 g/mol. The Bertz CT molecular complexity index is 812. The van der Waals surface area contributed by atoms with E-state index in [0.29, 0.717) is 6.42 Å². The van der Waals surface area contributed by atoms with Gasteiger partial charge in [0, 0.05) is 44.0 Å². The maximum Gasteiger partial charge on any atom is 0.231 e. The first-order valence-corrected chi connectivity index (χ1v) is 11.1. The Kier molecular flexibility index (Phi) is 7.89. The van der Waals surface area contributed by atoms with Gasteiger partial charge in [0.05, 0.1) is 5.92 Å². The number of anilines is 2. The summed E-state index contributed by atoms with van der Waals surface area (Å²) < 4.78 is 0. The van der Waals surface area contributed by atoms with Crippen LogP contribution in [-0.2, 0) is 9.59 Å². The van der Waals surface area contributed by atoms with Crippen molar-refractivity contribution in [2.75, 3.05) is 36.4 Å². The molecule has 160 valence electrons. The smallest absolute Gasteiger partial charge is 0.231 e. The molecule has 1 atom stereocenters. The van der Waals surface area contributed by atoms with Gasteiger partial charge in [-0.25, -0.2) is 0 Å². The average Bonchev–Trinajstić information content (AvgIpc) is 2.79. The number of carbonyl (C=O) groups is 2. The minimum atomic E-state index is -0.149. The molecular formula is C25H33N3O2. The molecule has 0 spiro atoms. The van der Waals surface area contributed by atoms with Crippen LogP contribution in [0.1, 0.15) is 51.0 Å². The van der Waals surface area contributed by atoms with Crippen molar-refractivity contribution in [1.29, 1.82) is 0 Å². The van der Waals surface area contributed by atoms with Gasteiger partial charge in [-0.05, 0) is 42.7 Å². The lowest BCUT2D eigenvalue weighted by atomic mass is 9.95. The molecule has 0 aromatic heterocycles. The summed E-state index contributed by atoms with van der Waals surface area (Å²) in [7, 11) is 0. The molecule has 3 rings (SSSR count). The highest BCUT2D eigenvalue weighted by molar-refractivity contribution is 5.96. The number of nitrogens with one attached hydrogen (secondary N) is 1. The number of hydrogen-bond acceptors (Lipinski definition) is 3. The van der Waals surface area contributed by atoms with Crippen molar-refractivity contribution in [1.82, 2.24) is 4.90 Å². The summed E-state index contributed by atoms with van der Waals surface area (Å²) in [4.78, 5) is 29.2. The predicted molar refractivity (Wildman–Crippen MR) is 123 cm³/mol. The van der Waals surface area contributed by atoms with Crippen LogP contribution in [0.4, 0.5) is 11.4 Å². The standard InChI is InChI=1S/C25H33N3O2/c1-3-5-11-24(29)28-18-16-27(17-19-28)22-14-12-21(13-15-22)26-25(30)23(4-2)20-9-7-6-8-10-20/h6-10,12-15,23H,3-5,11,16-19H2,1-2H3,(H,26,30)/t23-/m0/s1. The molecule has 0 saturated carbocycles. The first-order valence-electron chi connectivity index (χ1n) is 11.1. The zero-order chi connectivity index (χ0) is 21.3. The number of carbonyl (C=O) groups excluding carboxylic acids is 2. The molecule has 0 radical (unpaired) electrons. The Morgan fingerprint density at radius 3 is 2.20 bits per heavy atom. The Labute approximate surface area is 180 Å². The first kappa shape index (κ1) is 21.9. The van der Waals surface area contributed by atoms with Crippen molar-refractivity contribution in [3.05, 3.63) is 60.2 Å². The molecule has 30 heavy (non-hydrogen) atoms. The molecule has 1 aliphatic rings. The van der Waals surface area contributed by atoms with E-state index in [0.717, 1.165) is 62.4 Å². The fraction of sp³-hybridized carbons (Fsp3) is 0.440. The van der Waals surface area contributed by atoms with Crippen molar-refractivity contribution < 1.29 is 9.59 Å². The Morgan fingerprint density at radius 2 is 1.60 bits per heavy atom. The van der Waals surface area contributed by atoms with Gasteiger partial charge in [0.2, 0.25) is 11.8 Å². The molecule has 2 aromatic rings. The highest BCUT2D eigenvalue weighted by Crippen LogP contribution is 2.24. The summed E-state index contributed by atoms with van der Waals surface area (Å²) in [5, 5.41) is 3.05.